The molecule has 0 fully saturated rings. The first-order chi connectivity index (χ1) is 8.18. The lowest BCUT2D eigenvalue weighted by Crippen LogP contribution is -2.27. The van der Waals surface area contributed by atoms with Crippen molar-refractivity contribution in [1.82, 2.24) is 9.97 Å². The summed E-state index contributed by atoms with van der Waals surface area (Å²) in [6, 6.07) is 8.56. The van der Waals surface area contributed by atoms with Crippen LogP contribution in [0.1, 0.15) is 10.4 Å². The molecule has 0 aliphatic heterocycles. The van der Waals surface area contributed by atoms with Crippen LogP contribution in [0, 0.1) is 0 Å². The van der Waals surface area contributed by atoms with Crippen LogP contribution in [0.25, 0.3) is 0 Å². The number of carbonyl (C=O) groups excluding carboxylic acids is 1. The molecule has 2 heterocycles. The minimum Gasteiger partial charge on any atom is -0.384 e. The van der Waals surface area contributed by atoms with Crippen molar-refractivity contribution in [3.8, 4) is 0 Å². The minimum absolute atomic E-state index is 0.169. The summed E-state index contributed by atoms with van der Waals surface area (Å²) < 4.78 is 0. The first kappa shape index (κ1) is 11.1. The lowest BCUT2D eigenvalue weighted by molar-refractivity contribution is 0.0992. The van der Waals surface area contributed by atoms with Gasteiger partial charge >= 0.3 is 0 Å². The van der Waals surface area contributed by atoms with Gasteiger partial charge in [-0.15, -0.1) is 0 Å². The maximum atomic E-state index is 12.1. The predicted octanol–water partition coefficient (Wildman–Crippen LogP) is 1.34. The average Bonchev–Trinajstić information content (AvgIpc) is 2.38. The monoisotopic (exact) mass is 228 g/mol. The van der Waals surface area contributed by atoms with Gasteiger partial charge in [0.2, 0.25) is 0 Å². The number of nitrogens with zero attached hydrogens (tertiary/aromatic N) is 3. The summed E-state index contributed by atoms with van der Waals surface area (Å²) in [7, 11) is 1.67. The molecule has 2 aromatic heterocycles. The van der Waals surface area contributed by atoms with Crippen LogP contribution in [0.4, 0.5) is 11.6 Å². The number of nitrogen functional groups attached to an aromatic ring is 1. The average molecular weight is 228 g/mol. The Morgan fingerprint density at radius 2 is 2.06 bits per heavy atom. The lowest BCUT2D eigenvalue weighted by atomic mass is 10.2. The van der Waals surface area contributed by atoms with Crippen molar-refractivity contribution in [2.75, 3.05) is 17.7 Å². The molecule has 0 saturated carbocycles. The molecule has 0 aromatic carbocycles. The van der Waals surface area contributed by atoms with E-state index in [2.05, 4.69) is 9.97 Å². The van der Waals surface area contributed by atoms with E-state index in [1.54, 1.807) is 37.5 Å². The maximum absolute atomic E-state index is 12.1. The van der Waals surface area contributed by atoms with E-state index in [1.807, 2.05) is 6.07 Å². The van der Waals surface area contributed by atoms with Crippen LogP contribution in [0.3, 0.4) is 0 Å². The van der Waals surface area contributed by atoms with Crippen LogP contribution in [0.2, 0.25) is 0 Å². The van der Waals surface area contributed by atoms with E-state index in [9.17, 15) is 4.79 Å². The number of hydrogen-bond donors (Lipinski definition) is 1. The van der Waals surface area contributed by atoms with Gasteiger partial charge in [-0.2, -0.15) is 0 Å². The van der Waals surface area contributed by atoms with E-state index in [4.69, 9.17) is 5.73 Å². The standard InChI is InChI=1S/C12H12N4O/c1-16(11-4-2-3-6-15-11)12(17)9-5-7-14-10(13)8-9/h2-8H,1H3,(H2,13,14). The summed E-state index contributed by atoms with van der Waals surface area (Å²) in [4.78, 5) is 21.5. The van der Waals surface area contributed by atoms with Crippen LogP contribution < -0.4 is 10.6 Å². The van der Waals surface area contributed by atoms with Crippen LogP contribution >= 0.6 is 0 Å². The summed E-state index contributed by atoms with van der Waals surface area (Å²) in [6.45, 7) is 0. The van der Waals surface area contributed by atoms with Gasteiger partial charge in [0, 0.05) is 25.0 Å². The molecule has 0 bridgehead atoms. The molecule has 5 nitrogen and oxygen atoms in total. The molecule has 2 rings (SSSR count). The molecule has 0 unspecified atom stereocenters. The Hall–Kier alpha value is -2.43. The molecular weight excluding hydrogens is 216 g/mol. The zero-order valence-electron chi connectivity index (χ0n) is 9.37. The van der Waals surface area contributed by atoms with Crippen LogP contribution in [-0.2, 0) is 0 Å². The highest BCUT2D eigenvalue weighted by Gasteiger charge is 2.14. The summed E-state index contributed by atoms with van der Waals surface area (Å²) in [6.07, 6.45) is 3.15. The number of rotatable bonds is 2. The second kappa shape index (κ2) is 4.61. The van der Waals surface area contributed by atoms with E-state index in [0.29, 0.717) is 17.2 Å². The van der Waals surface area contributed by atoms with Gasteiger partial charge in [-0.05, 0) is 24.3 Å². The number of hydrogen-bond acceptors (Lipinski definition) is 4. The fourth-order valence-electron chi connectivity index (χ4n) is 1.43. The van der Waals surface area contributed by atoms with Crippen molar-refractivity contribution in [2.24, 2.45) is 0 Å². The summed E-state index contributed by atoms with van der Waals surface area (Å²) >= 11 is 0. The van der Waals surface area contributed by atoms with Crippen LogP contribution in [-0.4, -0.2) is 22.9 Å². The van der Waals surface area contributed by atoms with E-state index in [-0.39, 0.29) is 5.91 Å². The zero-order chi connectivity index (χ0) is 12.3. The minimum atomic E-state index is -0.169. The Balaban J connectivity index is 2.27. The van der Waals surface area contributed by atoms with Crippen LogP contribution in [0.5, 0.6) is 0 Å². The number of aromatic nitrogens is 2. The molecule has 0 radical (unpaired) electrons. The molecular formula is C12H12N4O. The molecule has 2 aromatic rings. The Labute approximate surface area is 98.9 Å². The fraction of sp³-hybridized carbons (Fsp3) is 0.0833. The molecule has 86 valence electrons. The topological polar surface area (TPSA) is 72.1 Å². The Morgan fingerprint density at radius 1 is 1.24 bits per heavy atom. The van der Waals surface area contributed by atoms with Crippen molar-refractivity contribution < 1.29 is 4.79 Å². The second-order valence-electron chi connectivity index (χ2n) is 3.52. The summed E-state index contributed by atoms with van der Waals surface area (Å²) in [5, 5.41) is 0. The number of pyridine rings is 2. The first-order valence-corrected chi connectivity index (χ1v) is 5.09. The highest BCUT2D eigenvalue weighted by Crippen LogP contribution is 2.12. The smallest absolute Gasteiger partial charge is 0.259 e. The van der Waals surface area contributed by atoms with E-state index in [0.717, 1.165) is 0 Å². The van der Waals surface area contributed by atoms with Gasteiger partial charge < -0.3 is 5.73 Å². The maximum Gasteiger partial charge on any atom is 0.259 e. The third-order valence-corrected chi connectivity index (χ3v) is 2.33. The molecule has 0 spiro atoms. The van der Waals surface area contributed by atoms with Crippen LogP contribution in [0.15, 0.2) is 42.7 Å². The molecule has 0 atom stereocenters. The zero-order valence-corrected chi connectivity index (χ0v) is 9.37. The summed E-state index contributed by atoms with van der Waals surface area (Å²) in [5.41, 5.74) is 6.03. The fourth-order valence-corrected chi connectivity index (χ4v) is 1.43. The largest absolute Gasteiger partial charge is 0.384 e. The van der Waals surface area contributed by atoms with Crippen molar-refractivity contribution in [3.05, 3.63) is 48.3 Å². The number of carbonyl (C=O) groups is 1. The number of anilines is 2. The Bertz CT molecular complexity index is 527. The first-order valence-electron chi connectivity index (χ1n) is 5.09. The number of amides is 1. The van der Waals surface area contributed by atoms with E-state index >= 15 is 0 Å². The third kappa shape index (κ3) is 2.39. The molecule has 1 amide bonds. The molecule has 0 saturated heterocycles. The number of nitrogens with two attached hydrogens (primary N) is 1. The second-order valence-corrected chi connectivity index (χ2v) is 3.52. The third-order valence-electron chi connectivity index (χ3n) is 2.33. The van der Waals surface area contributed by atoms with Crippen molar-refractivity contribution in [3.63, 3.8) is 0 Å². The van der Waals surface area contributed by atoms with Gasteiger partial charge in [0.1, 0.15) is 11.6 Å². The summed E-state index contributed by atoms with van der Waals surface area (Å²) in [5.74, 6) is 0.746. The van der Waals surface area contributed by atoms with Gasteiger partial charge in [-0.25, -0.2) is 9.97 Å². The highest BCUT2D eigenvalue weighted by atomic mass is 16.2. The van der Waals surface area contributed by atoms with Crippen molar-refractivity contribution >= 4 is 17.5 Å². The lowest BCUT2D eigenvalue weighted by Gasteiger charge is -2.15. The molecule has 0 aliphatic rings. The van der Waals surface area contributed by atoms with Crippen molar-refractivity contribution in [2.45, 2.75) is 0 Å². The van der Waals surface area contributed by atoms with Gasteiger partial charge in [-0.1, -0.05) is 6.07 Å². The Kier molecular flexibility index (Phi) is 3.00. The Morgan fingerprint density at radius 3 is 2.71 bits per heavy atom. The van der Waals surface area contributed by atoms with Gasteiger partial charge in [0.25, 0.3) is 5.91 Å². The molecule has 5 heteroatoms. The van der Waals surface area contributed by atoms with E-state index < -0.39 is 0 Å². The SMILES string of the molecule is CN(C(=O)c1ccnc(N)c1)c1ccccn1. The highest BCUT2D eigenvalue weighted by molar-refractivity contribution is 6.05. The normalized spacial score (nSPS) is 9.94. The molecule has 0 aliphatic carbocycles. The molecule has 2 N–H and O–H groups in total. The van der Waals surface area contributed by atoms with Crippen molar-refractivity contribution in [1.29, 1.82) is 0 Å². The quantitative estimate of drug-likeness (QED) is 0.841. The molecule has 17 heavy (non-hydrogen) atoms. The predicted molar refractivity (Wildman–Crippen MR) is 65.6 cm³/mol. The van der Waals surface area contributed by atoms with Gasteiger partial charge in [0.15, 0.2) is 0 Å². The van der Waals surface area contributed by atoms with Gasteiger partial charge in [0.05, 0.1) is 0 Å². The van der Waals surface area contributed by atoms with E-state index in [1.165, 1.54) is 11.1 Å². The van der Waals surface area contributed by atoms with Gasteiger partial charge in [-0.3, -0.25) is 9.69 Å².